The molecule has 4 aromatic rings. The molecule has 0 aliphatic heterocycles. The SMILES string of the molecule is C=Cc1ccc(-c2c3ccccc3c(C)c3ccccc23)cc1C=C. The zero-order valence-electron chi connectivity index (χ0n) is 14.4. The van der Waals surface area contributed by atoms with E-state index in [0.29, 0.717) is 0 Å². The van der Waals surface area contributed by atoms with E-state index in [1.54, 1.807) is 0 Å². The van der Waals surface area contributed by atoms with Crippen molar-refractivity contribution in [1.82, 2.24) is 0 Å². The molecule has 4 aromatic carbocycles. The van der Waals surface area contributed by atoms with Crippen LogP contribution in [0.1, 0.15) is 16.7 Å². The average Bonchev–Trinajstić information content (AvgIpc) is 2.68. The fourth-order valence-corrected chi connectivity index (χ4v) is 3.75. The highest BCUT2D eigenvalue weighted by molar-refractivity contribution is 6.15. The molecule has 120 valence electrons. The molecule has 0 radical (unpaired) electrons. The van der Waals surface area contributed by atoms with Crippen molar-refractivity contribution in [2.24, 2.45) is 0 Å². The minimum absolute atomic E-state index is 1.11. The Morgan fingerprint density at radius 3 is 1.68 bits per heavy atom. The van der Waals surface area contributed by atoms with E-state index in [0.717, 1.165) is 11.1 Å². The van der Waals surface area contributed by atoms with Crippen LogP contribution in [0.2, 0.25) is 0 Å². The smallest absolute Gasteiger partial charge is 0.00264 e. The molecule has 0 heterocycles. The van der Waals surface area contributed by atoms with Crippen molar-refractivity contribution in [3.8, 4) is 11.1 Å². The topological polar surface area (TPSA) is 0 Å². The Bertz CT molecular complexity index is 1070. The predicted octanol–water partition coefficient (Wildman–Crippen LogP) is 7.25. The van der Waals surface area contributed by atoms with Gasteiger partial charge in [0, 0.05) is 0 Å². The lowest BCUT2D eigenvalue weighted by Gasteiger charge is -2.16. The number of benzene rings is 4. The minimum atomic E-state index is 1.11. The van der Waals surface area contributed by atoms with Crippen LogP contribution in [0.4, 0.5) is 0 Å². The number of hydrogen-bond acceptors (Lipinski definition) is 0. The van der Waals surface area contributed by atoms with Crippen LogP contribution in [0.15, 0.2) is 79.9 Å². The Kier molecular flexibility index (Phi) is 3.74. The number of fused-ring (bicyclic) bond motifs is 2. The van der Waals surface area contributed by atoms with E-state index in [9.17, 15) is 0 Å². The fourth-order valence-electron chi connectivity index (χ4n) is 3.75. The molecule has 0 unspecified atom stereocenters. The molecular weight excluding hydrogens is 300 g/mol. The molecule has 0 fully saturated rings. The fraction of sp³-hybridized carbons (Fsp3) is 0.0400. The summed E-state index contributed by atoms with van der Waals surface area (Å²) in [6, 6.07) is 23.9. The maximum atomic E-state index is 3.97. The van der Waals surface area contributed by atoms with Crippen LogP contribution in [-0.4, -0.2) is 0 Å². The van der Waals surface area contributed by atoms with Gasteiger partial charge < -0.3 is 0 Å². The van der Waals surface area contributed by atoms with Crippen molar-refractivity contribution in [2.45, 2.75) is 6.92 Å². The summed E-state index contributed by atoms with van der Waals surface area (Å²) in [6.45, 7) is 10.1. The summed E-state index contributed by atoms with van der Waals surface area (Å²) in [4.78, 5) is 0. The quantitative estimate of drug-likeness (QED) is 0.349. The van der Waals surface area contributed by atoms with Crippen LogP contribution in [0.25, 0.3) is 44.8 Å². The Morgan fingerprint density at radius 1 is 0.640 bits per heavy atom. The number of aryl methyl sites for hydroxylation is 1. The molecule has 0 saturated carbocycles. The first-order valence-electron chi connectivity index (χ1n) is 8.54. The van der Waals surface area contributed by atoms with E-state index in [-0.39, 0.29) is 0 Å². The van der Waals surface area contributed by atoms with Gasteiger partial charge in [-0.2, -0.15) is 0 Å². The molecule has 4 rings (SSSR count). The predicted molar refractivity (Wildman–Crippen MR) is 112 cm³/mol. The third-order valence-corrected chi connectivity index (χ3v) is 5.02. The molecule has 0 nitrogen and oxygen atoms in total. The third kappa shape index (κ3) is 2.38. The van der Waals surface area contributed by atoms with Gasteiger partial charge in [-0.25, -0.2) is 0 Å². The normalized spacial score (nSPS) is 10.9. The highest BCUT2D eigenvalue weighted by atomic mass is 14.2. The maximum absolute atomic E-state index is 3.97. The Labute approximate surface area is 148 Å². The van der Waals surface area contributed by atoms with Gasteiger partial charge in [-0.05, 0) is 62.4 Å². The van der Waals surface area contributed by atoms with Gasteiger partial charge in [0.25, 0.3) is 0 Å². The molecule has 0 aromatic heterocycles. The van der Waals surface area contributed by atoms with Crippen molar-refractivity contribution < 1.29 is 0 Å². The first-order valence-corrected chi connectivity index (χ1v) is 8.54. The minimum Gasteiger partial charge on any atom is -0.0984 e. The summed E-state index contributed by atoms with van der Waals surface area (Å²) >= 11 is 0. The Morgan fingerprint density at radius 2 is 1.16 bits per heavy atom. The lowest BCUT2D eigenvalue weighted by Crippen LogP contribution is -1.90. The summed E-state index contributed by atoms with van der Waals surface area (Å²) < 4.78 is 0. The molecule has 0 aliphatic carbocycles. The van der Waals surface area contributed by atoms with Crippen LogP contribution in [-0.2, 0) is 0 Å². The first kappa shape index (κ1) is 15.4. The van der Waals surface area contributed by atoms with Crippen molar-refractivity contribution >= 4 is 33.7 Å². The molecule has 0 amide bonds. The van der Waals surface area contributed by atoms with Crippen LogP contribution in [0.3, 0.4) is 0 Å². The van der Waals surface area contributed by atoms with Gasteiger partial charge in [0.1, 0.15) is 0 Å². The highest BCUT2D eigenvalue weighted by Gasteiger charge is 2.13. The van der Waals surface area contributed by atoms with E-state index in [4.69, 9.17) is 0 Å². The zero-order chi connectivity index (χ0) is 17.4. The summed E-state index contributed by atoms with van der Waals surface area (Å²) in [5, 5.41) is 5.20. The molecule has 0 N–H and O–H groups in total. The summed E-state index contributed by atoms with van der Waals surface area (Å²) in [5.74, 6) is 0. The maximum Gasteiger partial charge on any atom is -0.00264 e. The highest BCUT2D eigenvalue weighted by Crippen LogP contribution is 2.39. The van der Waals surface area contributed by atoms with Gasteiger partial charge in [-0.3, -0.25) is 0 Å². The molecule has 0 heteroatoms. The zero-order valence-corrected chi connectivity index (χ0v) is 14.4. The van der Waals surface area contributed by atoms with Crippen LogP contribution < -0.4 is 0 Å². The van der Waals surface area contributed by atoms with Gasteiger partial charge >= 0.3 is 0 Å². The second-order valence-electron chi connectivity index (χ2n) is 6.34. The van der Waals surface area contributed by atoms with Gasteiger partial charge in [0.2, 0.25) is 0 Å². The van der Waals surface area contributed by atoms with E-state index in [2.05, 4.69) is 86.8 Å². The molecule has 0 aliphatic rings. The van der Waals surface area contributed by atoms with Crippen LogP contribution in [0.5, 0.6) is 0 Å². The molecule has 0 atom stereocenters. The number of hydrogen-bond donors (Lipinski definition) is 0. The second kappa shape index (κ2) is 6.07. The van der Waals surface area contributed by atoms with Crippen LogP contribution in [0, 0.1) is 6.92 Å². The first-order chi connectivity index (χ1) is 12.2. The summed E-state index contributed by atoms with van der Waals surface area (Å²) in [6.07, 6.45) is 3.78. The Balaban J connectivity index is 2.18. The van der Waals surface area contributed by atoms with E-state index in [1.807, 2.05) is 12.2 Å². The van der Waals surface area contributed by atoms with Crippen molar-refractivity contribution in [1.29, 1.82) is 0 Å². The van der Waals surface area contributed by atoms with Crippen molar-refractivity contribution in [3.63, 3.8) is 0 Å². The monoisotopic (exact) mass is 320 g/mol. The largest absolute Gasteiger partial charge is 0.0984 e. The molecule has 0 saturated heterocycles. The summed E-state index contributed by atoms with van der Waals surface area (Å²) in [5.41, 5.74) is 6.06. The average molecular weight is 320 g/mol. The van der Waals surface area contributed by atoms with Gasteiger partial charge in [0.05, 0.1) is 0 Å². The standard InChI is InChI=1S/C25H20/c1-4-18-14-15-20(16-19(18)5-2)25-23-12-8-6-10-21(23)17(3)22-11-7-9-13-24(22)25/h4-16H,1-2H2,3H3. The second-order valence-corrected chi connectivity index (χ2v) is 6.34. The molecule has 0 bridgehead atoms. The summed E-state index contributed by atoms with van der Waals surface area (Å²) in [7, 11) is 0. The Hall–Kier alpha value is -3.12. The van der Waals surface area contributed by atoms with E-state index < -0.39 is 0 Å². The lowest BCUT2D eigenvalue weighted by atomic mass is 9.88. The van der Waals surface area contributed by atoms with Crippen LogP contribution >= 0.6 is 0 Å². The number of rotatable bonds is 3. The van der Waals surface area contributed by atoms with E-state index >= 15 is 0 Å². The molecule has 25 heavy (non-hydrogen) atoms. The molecule has 0 spiro atoms. The van der Waals surface area contributed by atoms with Crippen molar-refractivity contribution in [2.75, 3.05) is 0 Å². The molecular formula is C25H20. The van der Waals surface area contributed by atoms with Gasteiger partial charge in [-0.15, -0.1) is 0 Å². The van der Waals surface area contributed by atoms with Gasteiger partial charge in [-0.1, -0.05) is 86.0 Å². The van der Waals surface area contributed by atoms with Crippen molar-refractivity contribution in [3.05, 3.63) is 96.6 Å². The lowest BCUT2D eigenvalue weighted by molar-refractivity contribution is 1.56. The van der Waals surface area contributed by atoms with E-state index in [1.165, 1.54) is 38.2 Å². The van der Waals surface area contributed by atoms with Gasteiger partial charge in [0.15, 0.2) is 0 Å². The third-order valence-electron chi connectivity index (χ3n) is 5.02.